The molecule has 0 bridgehead atoms. The van der Waals surface area contributed by atoms with Gasteiger partial charge in [-0.1, -0.05) is 6.07 Å². The number of benzene rings is 3. The van der Waals surface area contributed by atoms with Crippen LogP contribution in [0.15, 0.2) is 60.2 Å². The molecule has 40 heavy (non-hydrogen) atoms. The number of carboxylic acid groups (broad SMARTS) is 1. The third-order valence-electron chi connectivity index (χ3n) is 6.74. The summed E-state index contributed by atoms with van der Waals surface area (Å²) < 4.78 is 30.9. The van der Waals surface area contributed by atoms with Gasteiger partial charge in [0.2, 0.25) is 5.75 Å². The van der Waals surface area contributed by atoms with Gasteiger partial charge in [-0.2, -0.15) is 8.75 Å². The van der Waals surface area contributed by atoms with Gasteiger partial charge < -0.3 is 24.1 Å². The minimum Gasteiger partial charge on any atom is -0.497 e. The van der Waals surface area contributed by atoms with Crippen molar-refractivity contribution >= 4 is 40.1 Å². The van der Waals surface area contributed by atoms with Crippen molar-refractivity contribution in [2.75, 3.05) is 27.9 Å². The Morgan fingerprint density at radius 2 is 1.57 bits per heavy atom. The topological polar surface area (TPSA) is 117 Å². The van der Waals surface area contributed by atoms with E-state index in [4.69, 9.17) is 18.9 Å². The van der Waals surface area contributed by atoms with Gasteiger partial charge in [0.05, 0.1) is 45.2 Å². The van der Waals surface area contributed by atoms with E-state index in [1.165, 1.54) is 21.3 Å². The summed E-state index contributed by atoms with van der Waals surface area (Å²) in [6.07, 6.45) is 2.23. The van der Waals surface area contributed by atoms with Gasteiger partial charge in [0.1, 0.15) is 16.8 Å². The van der Waals surface area contributed by atoms with Crippen LogP contribution in [0.3, 0.4) is 0 Å². The number of ether oxygens (including phenoxy) is 4. The Balaban J connectivity index is 1.65. The lowest BCUT2D eigenvalue weighted by Gasteiger charge is -2.18. The smallest absolute Gasteiger partial charge is 0.336 e. The predicted molar refractivity (Wildman–Crippen MR) is 151 cm³/mol. The van der Waals surface area contributed by atoms with Crippen molar-refractivity contribution in [2.24, 2.45) is 5.92 Å². The molecule has 1 N–H and O–H groups in total. The predicted octanol–water partition coefficient (Wildman–Crippen LogP) is 5.47. The van der Waals surface area contributed by atoms with Crippen LogP contribution in [0.5, 0.6) is 23.0 Å². The molecule has 1 aliphatic rings. The zero-order valence-corrected chi connectivity index (χ0v) is 23.1. The first-order chi connectivity index (χ1) is 19.4. The van der Waals surface area contributed by atoms with Gasteiger partial charge in [-0.05, 0) is 78.4 Å². The van der Waals surface area contributed by atoms with E-state index < -0.39 is 11.8 Å². The molecule has 5 rings (SSSR count). The Bertz CT molecular complexity index is 1590. The van der Waals surface area contributed by atoms with Gasteiger partial charge in [-0.15, -0.1) is 0 Å². The van der Waals surface area contributed by atoms with Crippen molar-refractivity contribution in [3.8, 4) is 23.0 Å². The number of carbonyl (C=O) groups excluding carboxylic acids is 1. The number of nitrogens with zero attached hydrogens (tertiary/aromatic N) is 2. The van der Waals surface area contributed by atoms with Gasteiger partial charge in [-0.3, -0.25) is 4.79 Å². The second kappa shape index (κ2) is 11.7. The van der Waals surface area contributed by atoms with Crippen molar-refractivity contribution in [1.29, 1.82) is 0 Å². The van der Waals surface area contributed by atoms with Crippen LogP contribution >= 0.6 is 11.7 Å². The molecule has 10 heteroatoms. The molecule has 4 aromatic rings. The molecule has 0 amide bonds. The van der Waals surface area contributed by atoms with Gasteiger partial charge in [0.25, 0.3) is 0 Å². The van der Waals surface area contributed by atoms with E-state index in [0.29, 0.717) is 63.2 Å². The number of methoxy groups -OCH3 is 3. The van der Waals surface area contributed by atoms with Crippen molar-refractivity contribution < 1.29 is 33.6 Å². The number of ketones is 1. The summed E-state index contributed by atoms with van der Waals surface area (Å²) in [5.74, 6) is 0.774. The molecule has 0 unspecified atom stereocenters. The number of allylic oxidation sites excluding steroid dienone is 1. The first kappa shape index (κ1) is 27.1. The maximum Gasteiger partial charge on any atom is 0.336 e. The van der Waals surface area contributed by atoms with Crippen LogP contribution in [0.2, 0.25) is 0 Å². The van der Waals surface area contributed by atoms with Crippen molar-refractivity contribution in [2.45, 2.75) is 19.3 Å². The molecule has 1 heterocycles. The van der Waals surface area contributed by atoms with Gasteiger partial charge in [0.15, 0.2) is 17.3 Å². The fraction of sp³-hybridized carbons (Fsp3) is 0.267. The minimum absolute atomic E-state index is 0.00000858. The second-order valence-corrected chi connectivity index (χ2v) is 9.97. The number of carboxylic acids is 1. The monoisotopic (exact) mass is 560 g/mol. The number of aliphatic carboxylic acids is 1. The molecular formula is C30H28N2O7S. The average molecular weight is 561 g/mol. The summed E-state index contributed by atoms with van der Waals surface area (Å²) in [5, 5.41) is 10.4. The van der Waals surface area contributed by atoms with Gasteiger partial charge >= 0.3 is 5.97 Å². The highest BCUT2D eigenvalue weighted by Crippen LogP contribution is 2.41. The normalized spacial score (nSPS) is 13.5. The highest BCUT2D eigenvalue weighted by molar-refractivity contribution is 7.00. The molecule has 1 aromatic heterocycles. The Morgan fingerprint density at radius 1 is 0.875 bits per heavy atom. The van der Waals surface area contributed by atoms with Crippen molar-refractivity contribution in [3.63, 3.8) is 0 Å². The van der Waals surface area contributed by atoms with E-state index in [1.807, 2.05) is 0 Å². The van der Waals surface area contributed by atoms with Crippen molar-refractivity contribution in [3.05, 3.63) is 76.9 Å². The fourth-order valence-electron chi connectivity index (χ4n) is 4.45. The number of fused-ring (bicyclic) bond motifs is 1. The highest BCUT2D eigenvalue weighted by Gasteiger charge is 2.27. The molecule has 3 aromatic carbocycles. The molecule has 0 aliphatic heterocycles. The van der Waals surface area contributed by atoms with E-state index in [1.54, 1.807) is 54.6 Å². The molecule has 0 spiro atoms. The van der Waals surface area contributed by atoms with Crippen LogP contribution < -0.4 is 18.9 Å². The van der Waals surface area contributed by atoms with Crippen LogP contribution in [0.4, 0.5) is 0 Å². The van der Waals surface area contributed by atoms with Gasteiger partial charge in [0, 0.05) is 17.6 Å². The molecule has 1 aliphatic carbocycles. The Labute approximate surface area is 235 Å². The molecule has 0 radical (unpaired) electrons. The van der Waals surface area contributed by atoms with E-state index in [-0.39, 0.29) is 17.6 Å². The summed E-state index contributed by atoms with van der Waals surface area (Å²) >= 11 is 1.04. The Hall–Kier alpha value is -4.44. The van der Waals surface area contributed by atoms with Crippen LogP contribution in [0.1, 0.15) is 34.3 Å². The third kappa shape index (κ3) is 5.76. The van der Waals surface area contributed by atoms with E-state index in [9.17, 15) is 14.7 Å². The van der Waals surface area contributed by atoms with Crippen LogP contribution in [-0.2, 0) is 11.2 Å². The molecular weight excluding hydrogens is 532 g/mol. The molecule has 0 atom stereocenters. The summed E-state index contributed by atoms with van der Waals surface area (Å²) in [4.78, 5) is 26.8. The first-order valence-electron chi connectivity index (χ1n) is 12.7. The van der Waals surface area contributed by atoms with E-state index in [2.05, 4.69) is 8.75 Å². The average Bonchev–Trinajstić information content (AvgIpc) is 3.69. The second-order valence-electron chi connectivity index (χ2n) is 9.44. The van der Waals surface area contributed by atoms with Crippen molar-refractivity contribution in [1.82, 2.24) is 8.75 Å². The summed E-state index contributed by atoms with van der Waals surface area (Å²) in [6.45, 7) is 0.540. The van der Waals surface area contributed by atoms with Crippen LogP contribution in [0, 0.1) is 5.92 Å². The number of hydrogen-bond donors (Lipinski definition) is 1. The first-order valence-corrected chi connectivity index (χ1v) is 13.4. The zero-order valence-electron chi connectivity index (χ0n) is 22.3. The molecule has 0 saturated heterocycles. The van der Waals surface area contributed by atoms with Gasteiger partial charge in [-0.25, -0.2) is 4.79 Å². The number of aromatic nitrogens is 2. The van der Waals surface area contributed by atoms with E-state index >= 15 is 0 Å². The SMILES string of the molecule is COc1ccc(C(=O)C(Cc2cc(OC)c(OC)c(OCC3CC3)c2)=C(C(=O)O)c2ccc3nsnc3c2)cc1. The third-order valence-corrected chi connectivity index (χ3v) is 7.30. The Kier molecular flexibility index (Phi) is 7.97. The number of Topliss-reactive ketones (excluding diaryl/α,β-unsaturated/α-hetero) is 1. The largest absolute Gasteiger partial charge is 0.497 e. The number of carbonyl (C=O) groups is 2. The lowest BCUT2D eigenvalue weighted by molar-refractivity contribution is -0.130. The lowest BCUT2D eigenvalue weighted by Crippen LogP contribution is -2.14. The molecule has 1 saturated carbocycles. The number of hydrogen-bond acceptors (Lipinski definition) is 9. The zero-order chi connectivity index (χ0) is 28.2. The maximum absolute atomic E-state index is 14.0. The maximum atomic E-state index is 14.0. The molecule has 1 fully saturated rings. The van der Waals surface area contributed by atoms with E-state index in [0.717, 1.165) is 24.6 Å². The lowest BCUT2D eigenvalue weighted by atomic mass is 9.89. The fourth-order valence-corrected chi connectivity index (χ4v) is 4.97. The van der Waals surface area contributed by atoms with Crippen LogP contribution in [0.25, 0.3) is 16.6 Å². The summed E-state index contributed by atoms with van der Waals surface area (Å²) in [5.41, 5.74) is 2.51. The summed E-state index contributed by atoms with van der Waals surface area (Å²) in [6, 6.07) is 15.1. The minimum atomic E-state index is -1.23. The summed E-state index contributed by atoms with van der Waals surface area (Å²) in [7, 11) is 4.59. The van der Waals surface area contributed by atoms with Crippen LogP contribution in [-0.4, -0.2) is 53.5 Å². The quantitative estimate of drug-likeness (QED) is 0.178. The number of rotatable bonds is 12. The Morgan fingerprint density at radius 3 is 2.23 bits per heavy atom. The highest BCUT2D eigenvalue weighted by atomic mass is 32.1. The molecule has 9 nitrogen and oxygen atoms in total. The molecule has 206 valence electrons. The standard InChI is InChI=1S/C30H28N2O7S/c1-36-21-9-6-19(7-10-21)28(33)22(27(30(34)35)20-8-11-23-24(15-20)32-40-31-23)12-18-13-25(37-2)29(38-3)26(14-18)39-16-17-4-5-17/h6-11,13-15,17H,4-5,12,16H2,1-3H3,(H,34,35).